The normalized spacial score (nSPS) is 10.6. The molecule has 1 aromatic heterocycles. The summed E-state index contributed by atoms with van der Waals surface area (Å²) in [5.41, 5.74) is 2.33. The summed E-state index contributed by atoms with van der Waals surface area (Å²) >= 11 is 0. The Morgan fingerprint density at radius 1 is 1.56 bits per heavy atom. The molecule has 0 atom stereocenters. The van der Waals surface area contributed by atoms with E-state index in [4.69, 9.17) is 5.11 Å². The number of carbonyl (C=O) groups excluding carboxylic acids is 1. The monoisotopic (exact) mass is 219 g/mol. The number of amides is 1. The van der Waals surface area contributed by atoms with Crippen LogP contribution in [0.5, 0.6) is 0 Å². The fourth-order valence-electron chi connectivity index (χ4n) is 1.55. The number of aromatic nitrogens is 2. The molecule has 2 N–H and O–H groups in total. The molecule has 5 nitrogen and oxygen atoms in total. The van der Waals surface area contributed by atoms with Crippen molar-refractivity contribution in [1.82, 2.24) is 14.9 Å². The van der Waals surface area contributed by atoms with Crippen molar-refractivity contribution < 1.29 is 9.90 Å². The van der Waals surface area contributed by atoms with E-state index in [1.54, 1.807) is 18.5 Å². The first-order valence-corrected chi connectivity index (χ1v) is 5.02. The van der Waals surface area contributed by atoms with Crippen molar-refractivity contribution in [2.24, 2.45) is 7.05 Å². The van der Waals surface area contributed by atoms with Gasteiger partial charge in [0.25, 0.3) is 5.91 Å². The maximum Gasteiger partial charge on any atom is 0.251 e. The second-order valence-electron chi connectivity index (χ2n) is 3.54. The molecule has 0 unspecified atom stereocenters. The van der Waals surface area contributed by atoms with Crippen LogP contribution in [-0.2, 0) is 7.05 Å². The van der Waals surface area contributed by atoms with Crippen molar-refractivity contribution >= 4 is 16.9 Å². The van der Waals surface area contributed by atoms with Crippen LogP contribution in [0.25, 0.3) is 11.0 Å². The van der Waals surface area contributed by atoms with E-state index in [1.807, 2.05) is 17.7 Å². The highest BCUT2D eigenvalue weighted by molar-refractivity contribution is 5.97. The van der Waals surface area contributed by atoms with E-state index in [1.165, 1.54) is 0 Å². The van der Waals surface area contributed by atoms with E-state index >= 15 is 0 Å². The molecule has 0 radical (unpaired) electrons. The minimum absolute atomic E-state index is 0.0580. The summed E-state index contributed by atoms with van der Waals surface area (Å²) in [6.45, 7) is 0.205. The average Bonchev–Trinajstić information content (AvgIpc) is 2.67. The smallest absolute Gasteiger partial charge is 0.251 e. The van der Waals surface area contributed by atoms with E-state index in [0.717, 1.165) is 11.0 Å². The lowest BCUT2D eigenvalue weighted by molar-refractivity contribution is 0.0945. The van der Waals surface area contributed by atoms with Crippen LogP contribution in [-0.4, -0.2) is 33.7 Å². The van der Waals surface area contributed by atoms with Gasteiger partial charge in [0, 0.05) is 19.2 Å². The molecule has 0 spiro atoms. The highest BCUT2D eigenvalue weighted by Gasteiger charge is 2.07. The summed E-state index contributed by atoms with van der Waals surface area (Å²) in [6, 6.07) is 5.34. The number of carbonyl (C=O) groups is 1. The van der Waals surface area contributed by atoms with Crippen LogP contribution >= 0.6 is 0 Å². The van der Waals surface area contributed by atoms with Crippen LogP contribution in [0, 0.1) is 0 Å². The van der Waals surface area contributed by atoms with Crippen molar-refractivity contribution in [3.8, 4) is 0 Å². The van der Waals surface area contributed by atoms with E-state index in [0.29, 0.717) is 5.56 Å². The number of aryl methyl sites for hydroxylation is 1. The molecule has 1 aromatic carbocycles. The Morgan fingerprint density at radius 2 is 2.38 bits per heavy atom. The number of benzene rings is 1. The van der Waals surface area contributed by atoms with Gasteiger partial charge >= 0.3 is 0 Å². The first-order valence-electron chi connectivity index (χ1n) is 5.02. The van der Waals surface area contributed by atoms with Crippen LogP contribution in [0.4, 0.5) is 0 Å². The third-order valence-corrected chi connectivity index (χ3v) is 2.38. The Morgan fingerprint density at radius 3 is 3.12 bits per heavy atom. The van der Waals surface area contributed by atoms with Crippen LogP contribution in [0.3, 0.4) is 0 Å². The predicted molar refractivity (Wildman–Crippen MR) is 60.1 cm³/mol. The summed E-state index contributed by atoms with van der Waals surface area (Å²) in [4.78, 5) is 15.8. The fourth-order valence-corrected chi connectivity index (χ4v) is 1.55. The second kappa shape index (κ2) is 4.32. The van der Waals surface area contributed by atoms with Gasteiger partial charge in [-0.25, -0.2) is 4.98 Å². The molecule has 2 rings (SSSR count). The topological polar surface area (TPSA) is 67.2 Å². The Kier molecular flexibility index (Phi) is 2.87. The van der Waals surface area contributed by atoms with Crippen molar-refractivity contribution in [1.29, 1.82) is 0 Å². The molecule has 0 fully saturated rings. The third-order valence-electron chi connectivity index (χ3n) is 2.38. The molecule has 0 aliphatic heterocycles. The van der Waals surface area contributed by atoms with Crippen molar-refractivity contribution in [2.45, 2.75) is 0 Å². The van der Waals surface area contributed by atoms with Crippen molar-refractivity contribution in [2.75, 3.05) is 13.2 Å². The molecular weight excluding hydrogens is 206 g/mol. The summed E-state index contributed by atoms with van der Waals surface area (Å²) < 4.78 is 1.89. The number of hydrogen-bond acceptors (Lipinski definition) is 3. The average molecular weight is 219 g/mol. The maximum atomic E-state index is 11.6. The minimum atomic E-state index is -0.193. The number of aliphatic hydroxyl groups excluding tert-OH is 1. The lowest BCUT2D eigenvalue weighted by Gasteiger charge is -2.03. The van der Waals surface area contributed by atoms with E-state index in [2.05, 4.69) is 10.3 Å². The SMILES string of the molecule is Cn1cnc2cc(C(=O)NCCO)ccc21. The second-order valence-corrected chi connectivity index (χ2v) is 3.54. The van der Waals surface area contributed by atoms with E-state index < -0.39 is 0 Å². The van der Waals surface area contributed by atoms with Crippen molar-refractivity contribution in [3.05, 3.63) is 30.1 Å². The molecule has 84 valence electrons. The predicted octanol–water partition coefficient (Wildman–Crippen LogP) is 0.295. The number of nitrogens with zero attached hydrogens (tertiary/aromatic N) is 2. The minimum Gasteiger partial charge on any atom is -0.395 e. The lowest BCUT2D eigenvalue weighted by Crippen LogP contribution is -2.26. The summed E-state index contributed by atoms with van der Waals surface area (Å²) in [5.74, 6) is -0.193. The number of nitrogens with one attached hydrogen (secondary N) is 1. The Bertz CT molecular complexity index is 519. The molecule has 0 aliphatic rings. The zero-order chi connectivity index (χ0) is 11.5. The Labute approximate surface area is 92.7 Å². The zero-order valence-electron chi connectivity index (χ0n) is 8.97. The van der Waals surface area contributed by atoms with E-state index in [-0.39, 0.29) is 19.1 Å². The first kappa shape index (κ1) is 10.6. The van der Waals surface area contributed by atoms with Gasteiger partial charge < -0.3 is 15.0 Å². The molecule has 1 amide bonds. The molecule has 0 bridgehead atoms. The highest BCUT2D eigenvalue weighted by atomic mass is 16.3. The molecule has 0 saturated carbocycles. The van der Waals surface area contributed by atoms with Crippen LogP contribution in [0.15, 0.2) is 24.5 Å². The highest BCUT2D eigenvalue weighted by Crippen LogP contribution is 2.13. The number of fused-ring (bicyclic) bond motifs is 1. The molecule has 16 heavy (non-hydrogen) atoms. The van der Waals surface area contributed by atoms with Crippen molar-refractivity contribution in [3.63, 3.8) is 0 Å². The van der Waals surface area contributed by atoms with Gasteiger partial charge in [-0.1, -0.05) is 0 Å². The number of imidazole rings is 1. The molecule has 1 heterocycles. The van der Waals surface area contributed by atoms with Gasteiger partial charge in [0.2, 0.25) is 0 Å². The summed E-state index contributed by atoms with van der Waals surface area (Å²) in [5, 5.41) is 11.2. The molecule has 5 heteroatoms. The van der Waals surface area contributed by atoms with Gasteiger partial charge in [-0.15, -0.1) is 0 Å². The van der Waals surface area contributed by atoms with Gasteiger partial charge in [0.1, 0.15) is 0 Å². The zero-order valence-corrected chi connectivity index (χ0v) is 8.97. The Hall–Kier alpha value is -1.88. The summed E-state index contributed by atoms with van der Waals surface area (Å²) in [7, 11) is 1.90. The molecule has 0 saturated heterocycles. The fraction of sp³-hybridized carbons (Fsp3) is 0.273. The lowest BCUT2D eigenvalue weighted by atomic mass is 10.2. The number of hydrogen-bond donors (Lipinski definition) is 2. The van der Waals surface area contributed by atoms with Crippen LogP contribution < -0.4 is 5.32 Å². The van der Waals surface area contributed by atoms with Gasteiger partial charge in [0.05, 0.1) is 24.0 Å². The van der Waals surface area contributed by atoms with Gasteiger partial charge in [0.15, 0.2) is 0 Å². The Balaban J connectivity index is 2.29. The van der Waals surface area contributed by atoms with Gasteiger partial charge in [-0.05, 0) is 18.2 Å². The van der Waals surface area contributed by atoms with Gasteiger partial charge in [-0.3, -0.25) is 4.79 Å². The quantitative estimate of drug-likeness (QED) is 0.780. The van der Waals surface area contributed by atoms with E-state index in [9.17, 15) is 4.79 Å². The standard InChI is InChI=1S/C11H13N3O2/c1-14-7-13-9-6-8(2-3-10(9)14)11(16)12-4-5-15/h2-3,6-7,15H,4-5H2,1H3,(H,12,16). The van der Waals surface area contributed by atoms with Crippen LogP contribution in [0.2, 0.25) is 0 Å². The maximum absolute atomic E-state index is 11.6. The van der Waals surface area contributed by atoms with Gasteiger partial charge in [-0.2, -0.15) is 0 Å². The molecule has 2 aromatic rings. The molecular formula is C11H13N3O2. The molecule has 0 aliphatic carbocycles. The largest absolute Gasteiger partial charge is 0.395 e. The third kappa shape index (κ3) is 1.90. The van der Waals surface area contributed by atoms with Crippen LogP contribution in [0.1, 0.15) is 10.4 Å². The number of aliphatic hydroxyl groups is 1. The summed E-state index contributed by atoms with van der Waals surface area (Å²) in [6.07, 6.45) is 1.71. The first-order chi connectivity index (χ1) is 7.72. The number of rotatable bonds is 3.